The van der Waals surface area contributed by atoms with E-state index in [9.17, 15) is 0 Å². The number of nitrogens with one attached hydrogen (secondary N) is 1. The molecule has 0 spiro atoms. The Bertz CT molecular complexity index is 236. The Hall–Kier alpha value is -1.00. The van der Waals surface area contributed by atoms with Gasteiger partial charge in [-0.2, -0.15) is 0 Å². The van der Waals surface area contributed by atoms with Crippen molar-refractivity contribution in [1.29, 1.82) is 0 Å². The maximum atomic E-state index is 5.26. The molecule has 3 N–H and O–H groups in total. The van der Waals surface area contributed by atoms with Gasteiger partial charge in [0.25, 0.3) is 0 Å². The molecule has 4 heteroatoms. The standard InChI is InChI=1S/C7H12N4/c1-5-7(6(2)11-8)10-4-3-9-5/h3-4,6,11H,8H2,1-2H3/t6-/m0/s1. The van der Waals surface area contributed by atoms with Crippen molar-refractivity contribution >= 4 is 0 Å². The molecule has 4 nitrogen and oxygen atoms in total. The monoisotopic (exact) mass is 152 g/mol. The summed E-state index contributed by atoms with van der Waals surface area (Å²) in [7, 11) is 0. The van der Waals surface area contributed by atoms with Crippen LogP contribution >= 0.6 is 0 Å². The molecule has 0 aliphatic heterocycles. The lowest BCUT2D eigenvalue weighted by atomic mass is 10.2. The van der Waals surface area contributed by atoms with Gasteiger partial charge in [-0.15, -0.1) is 0 Å². The zero-order valence-corrected chi connectivity index (χ0v) is 6.70. The van der Waals surface area contributed by atoms with Crippen LogP contribution in [0.5, 0.6) is 0 Å². The highest BCUT2D eigenvalue weighted by molar-refractivity contribution is 5.11. The molecular formula is C7H12N4. The smallest absolute Gasteiger partial charge is 0.0795 e. The van der Waals surface area contributed by atoms with Crippen LogP contribution in [0.25, 0.3) is 0 Å². The van der Waals surface area contributed by atoms with E-state index in [-0.39, 0.29) is 6.04 Å². The highest BCUT2D eigenvalue weighted by Crippen LogP contribution is 2.09. The molecule has 0 aliphatic rings. The van der Waals surface area contributed by atoms with Crippen LogP contribution in [-0.4, -0.2) is 9.97 Å². The second-order valence-corrected chi connectivity index (χ2v) is 2.42. The van der Waals surface area contributed by atoms with Gasteiger partial charge >= 0.3 is 0 Å². The highest BCUT2D eigenvalue weighted by Gasteiger charge is 2.06. The largest absolute Gasteiger partial charge is 0.271 e. The van der Waals surface area contributed by atoms with Crippen molar-refractivity contribution in [3.05, 3.63) is 23.8 Å². The fourth-order valence-corrected chi connectivity index (χ4v) is 0.922. The van der Waals surface area contributed by atoms with E-state index in [1.807, 2.05) is 13.8 Å². The molecular weight excluding hydrogens is 140 g/mol. The van der Waals surface area contributed by atoms with Crippen molar-refractivity contribution in [1.82, 2.24) is 15.4 Å². The second-order valence-electron chi connectivity index (χ2n) is 2.42. The summed E-state index contributed by atoms with van der Waals surface area (Å²) in [4.78, 5) is 8.23. The molecule has 1 aromatic heterocycles. The van der Waals surface area contributed by atoms with Crippen molar-refractivity contribution < 1.29 is 0 Å². The SMILES string of the molecule is Cc1nccnc1[C@H](C)NN. The molecule has 0 saturated carbocycles. The number of hydrogen-bond donors (Lipinski definition) is 2. The van der Waals surface area contributed by atoms with Gasteiger partial charge in [-0.05, 0) is 13.8 Å². The number of nitrogens with zero attached hydrogens (tertiary/aromatic N) is 2. The first kappa shape index (κ1) is 8.10. The summed E-state index contributed by atoms with van der Waals surface area (Å²) in [5.41, 5.74) is 4.43. The number of hydrogen-bond acceptors (Lipinski definition) is 4. The van der Waals surface area contributed by atoms with Gasteiger partial charge in [0.05, 0.1) is 17.4 Å². The summed E-state index contributed by atoms with van der Waals surface area (Å²) < 4.78 is 0. The topological polar surface area (TPSA) is 63.8 Å². The van der Waals surface area contributed by atoms with Gasteiger partial charge in [0, 0.05) is 12.4 Å². The van der Waals surface area contributed by atoms with Gasteiger partial charge in [-0.1, -0.05) is 0 Å². The Morgan fingerprint density at radius 2 is 2.09 bits per heavy atom. The molecule has 0 aromatic carbocycles. The first-order chi connectivity index (χ1) is 5.25. The predicted molar refractivity (Wildman–Crippen MR) is 42.5 cm³/mol. The van der Waals surface area contributed by atoms with Gasteiger partial charge in [-0.3, -0.25) is 21.2 Å². The minimum absolute atomic E-state index is 0.0590. The summed E-state index contributed by atoms with van der Waals surface area (Å²) in [6.45, 7) is 3.85. The van der Waals surface area contributed by atoms with Crippen molar-refractivity contribution in [3.8, 4) is 0 Å². The third kappa shape index (κ3) is 1.72. The molecule has 0 radical (unpaired) electrons. The first-order valence-corrected chi connectivity index (χ1v) is 3.49. The van der Waals surface area contributed by atoms with Crippen LogP contribution in [0.2, 0.25) is 0 Å². The average molecular weight is 152 g/mol. The summed E-state index contributed by atoms with van der Waals surface area (Å²) in [6, 6.07) is 0.0590. The Morgan fingerprint density at radius 1 is 1.45 bits per heavy atom. The molecule has 1 heterocycles. The van der Waals surface area contributed by atoms with Crippen LogP contribution in [0.15, 0.2) is 12.4 Å². The van der Waals surface area contributed by atoms with Crippen LogP contribution in [0, 0.1) is 6.92 Å². The summed E-state index contributed by atoms with van der Waals surface area (Å²) in [6.07, 6.45) is 3.33. The highest BCUT2D eigenvalue weighted by atomic mass is 15.2. The summed E-state index contributed by atoms with van der Waals surface area (Å²) >= 11 is 0. The fourth-order valence-electron chi connectivity index (χ4n) is 0.922. The number of rotatable bonds is 2. The first-order valence-electron chi connectivity index (χ1n) is 3.49. The fraction of sp³-hybridized carbons (Fsp3) is 0.429. The van der Waals surface area contributed by atoms with E-state index in [2.05, 4.69) is 15.4 Å². The maximum absolute atomic E-state index is 5.26. The van der Waals surface area contributed by atoms with E-state index in [1.54, 1.807) is 12.4 Å². The zero-order valence-electron chi connectivity index (χ0n) is 6.70. The van der Waals surface area contributed by atoms with Crippen molar-refractivity contribution in [3.63, 3.8) is 0 Å². The van der Waals surface area contributed by atoms with Crippen LogP contribution in [-0.2, 0) is 0 Å². The molecule has 0 fully saturated rings. The summed E-state index contributed by atoms with van der Waals surface area (Å²) in [5, 5.41) is 0. The van der Waals surface area contributed by atoms with Crippen LogP contribution in [0.1, 0.15) is 24.4 Å². The molecule has 0 unspecified atom stereocenters. The molecule has 0 aliphatic carbocycles. The normalized spacial score (nSPS) is 13.0. The Balaban J connectivity index is 2.93. The Labute approximate surface area is 65.8 Å². The summed E-state index contributed by atoms with van der Waals surface area (Å²) in [5.74, 6) is 5.26. The zero-order chi connectivity index (χ0) is 8.27. The average Bonchev–Trinajstić information content (AvgIpc) is 2.04. The van der Waals surface area contributed by atoms with Crippen molar-refractivity contribution in [2.24, 2.45) is 5.84 Å². The van der Waals surface area contributed by atoms with E-state index in [0.717, 1.165) is 11.4 Å². The van der Waals surface area contributed by atoms with Gasteiger partial charge in [0.15, 0.2) is 0 Å². The number of hydrazine groups is 1. The quantitative estimate of drug-likeness (QED) is 0.473. The maximum Gasteiger partial charge on any atom is 0.0795 e. The molecule has 1 rings (SSSR count). The number of aromatic nitrogens is 2. The van der Waals surface area contributed by atoms with Crippen LogP contribution in [0.4, 0.5) is 0 Å². The van der Waals surface area contributed by atoms with Crippen LogP contribution < -0.4 is 11.3 Å². The van der Waals surface area contributed by atoms with E-state index in [0.29, 0.717) is 0 Å². The van der Waals surface area contributed by atoms with E-state index in [1.165, 1.54) is 0 Å². The lowest BCUT2D eigenvalue weighted by Gasteiger charge is -2.09. The van der Waals surface area contributed by atoms with Crippen molar-refractivity contribution in [2.45, 2.75) is 19.9 Å². The molecule has 1 aromatic rings. The second kappa shape index (κ2) is 3.41. The van der Waals surface area contributed by atoms with Crippen LogP contribution in [0.3, 0.4) is 0 Å². The third-order valence-electron chi connectivity index (χ3n) is 1.58. The molecule has 0 amide bonds. The number of aryl methyl sites for hydroxylation is 1. The Morgan fingerprint density at radius 3 is 2.64 bits per heavy atom. The third-order valence-corrected chi connectivity index (χ3v) is 1.58. The lowest BCUT2D eigenvalue weighted by Crippen LogP contribution is -2.27. The molecule has 11 heavy (non-hydrogen) atoms. The molecule has 60 valence electrons. The molecule has 0 bridgehead atoms. The van der Waals surface area contributed by atoms with E-state index in [4.69, 9.17) is 5.84 Å². The predicted octanol–water partition coefficient (Wildman–Crippen LogP) is 0.309. The molecule has 0 saturated heterocycles. The van der Waals surface area contributed by atoms with E-state index < -0.39 is 0 Å². The van der Waals surface area contributed by atoms with Gasteiger partial charge in [0.1, 0.15) is 0 Å². The van der Waals surface area contributed by atoms with E-state index >= 15 is 0 Å². The minimum Gasteiger partial charge on any atom is -0.271 e. The van der Waals surface area contributed by atoms with Crippen molar-refractivity contribution in [2.75, 3.05) is 0 Å². The van der Waals surface area contributed by atoms with Gasteiger partial charge in [-0.25, -0.2) is 0 Å². The van der Waals surface area contributed by atoms with Gasteiger partial charge < -0.3 is 0 Å². The number of nitrogens with two attached hydrogens (primary N) is 1. The van der Waals surface area contributed by atoms with Gasteiger partial charge in [0.2, 0.25) is 0 Å². The Kier molecular flexibility index (Phi) is 2.51. The lowest BCUT2D eigenvalue weighted by molar-refractivity contribution is 0.579. The molecule has 1 atom stereocenters. The minimum atomic E-state index is 0.0590.